The van der Waals surface area contributed by atoms with Crippen molar-refractivity contribution in [2.24, 2.45) is 0 Å². The molecule has 0 N–H and O–H groups in total. The van der Waals surface area contributed by atoms with E-state index in [1.54, 1.807) is 0 Å². The van der Waals surface area contributed by atoms with E-state index in [4.69, 9.17) is 9.97 Å². The molecule has 15 aromatic rings. The van der Waals surface area contributed by atoms with Crippen LogP contribution in [0.2, 0.25) is 0 Å². The summed E-state index contributed by atoms with van der Waals surface area (Å²) in [7, 11) is 0. The molecule has 0 saturated heterocycles. The van der Waals surface area contributed by atoms with E-state index >= 15 is 0 Å². The molecule has 10 aromatic carbocycles. The molecule has 5 aromatic heterocycles. The van der Waals surface area contributed by atoms with Gasteiger partial charge in [0.2, 0.25) is 0 Å². The van der Waals surface area contributed by atoms with Crippen LogP contribution in [0.4, 0.5) is 0 Å². The Labute approximate surface area is 401 Å². The second-order valence-corrected chi connectivity index (χ2v) is 18.1. The van der Waals surface area contributed by atoms with Crippen LogP contribution >= 0.6 is 0 Å². The first-order valence-corrected chi connectivity index (χ1v) is 23.8. The van der Waals surface area contributed by atoms with Crippen molar-refractivity contribution in [1.82, 2.24) is 28.2 Å². The van der Waals surface area contributed by atoms with Crippen LogP contribution in [0.3, 0.4) is 0 Å². The highest BCUT2D eigenvalue weighted by Crippen LogP contribution is 2.43. The number of rotatable bonds is 6. The largest absolute Gasteiger partial charge is 0.309 e. The molecular weight excluding hydrogens is 853 g/mol. The Morgan fingerprint density at radius 2 is 0.586 bits per heavy atom. The Kier molecular flexibility index (Phi) is 8.26. The van der Waals surface area contributed by atoms with Crippen molar-refractivity contribution in [2.75, 3.05) is 0 Å². The minimum atomic E-state index is 0.617. The lowest BCUT2D eigenvalue weighted by Crippen LogP contribution is -2.08. The number of aromatic nitrogens is 6. The molecule has 0 unspecified atom stereocenters. The summed E-state index contributed by atoms with van der Waals surface area (Å²) in [5.74, 6) is 2.17. The number of benzene rings is 10. The van der Waals surface area contributed by atoms with Crippen molar-refractivity contribution >= 4 is 87.2 Å². The van der Waals surface area contributed by atoms with Gasteiger partial charge in [-0.15, -0.1) is 0 Å². The lowest BCUT2D eigenvalue weighted by molar-refractivity contribution is 0.991. The van der Waals surface area contributed by atoms with Crippen LogP contribution in [-0.4, -0.2) is 28.2 Å². The summed E-state index contributed by atoms with van der Waals surface area (Å²) in [5.41, 5.74) is 14.0. The van der Waals surface area contributed by atoms with Gasteiger partial charge in [0.05, 0.1) is 55.4 Å². The van der Waals surface area contributed by atoms with Gasteiger partial charge in [-0.05, 0) is 77.9 Å². The topological polar surface area (TPSA) is 45.5 Å². The molecule has 0 aliphatic heterocycles. The van der Waals surface area contributed by atoms with Crippen LogP contribution in [0.1, 0.15) is 0 Å². The second-order valence-electron chi connectivity index (χ2n) is 18.1. The van der Waals surface area contributed by atoms with E-state index in [2.05, 4.69) is 261 Å². The molecule has 6 nitrogen and oxygen atoms in total. The van der Waals surface area contributed by atoms with Crippen molar-refractivity contribution in [3.8, 4) is 45.5 Å². The van der Waals surface area contributed by atoms with E-state index in [0.29, 0.717) is 5.82 Å². The molecule has 0 aliphatic carbocycles. The summed E-state index contributed by atoms with van der Waals surface area (Å²) in [6.45, 7) is 0. The van der Waals surface area contributed by atoms with Gasteiger partial charge >= 0.3 is 0 Å². The predicted octanol–water partition coefficient (Wildman–Crippen LogP) is 16.2. The van der Waals surface area contributed by atoms with Crippen LogP contribution in [-0.2, 0) is 0 Å². The molecule has 70 heavy (non-hydrogen) atoms. The van der Waals surface area contributed by atoms with E-state index < -0.39 is 0 Å². The molecule has 5 heterocycles. The Morgan fingerprint density at radius 1 is 0.257 bits per heavy atom. The van der Waals surface area contributed by atoms with Crippen LogP contribution in [0.15, 0.2) is 243 Å². The summed E-state index contributed by atoms with van der Waals surface area (Å²) < 4.78 is 9.44. The van der Waals surface area contributed by atoms with E-state index in [9.17, 15) is 0 Å². The monoisotopic (exact) mass is 892 g/mol. The molecule has 0 amide bonds. The molecule has 326 valence electrons. The highest BCUT2D eigenvalue weighted by Gasteiger charge is 2.25. The summed E-state index contributed by atoms with van der Waals surface area (Å²) in [5, 5.41) is 9.52. The van der Waals surface area contributed by atoms with E-state index in [1.807, 2.05) is 0 Å². The van der Waals surface area contributed by atoms with Crippen molar-refractivity contribution in [1.29, 1.82) is 0 Å². The van der Waals surface area contributed by atoms with E-state index in [1.165, 1.54) is 43.1 Å². The predicted molar refractivity (Wildman–Crippen MR) is 290 cm³/mol. The minimum absolute atomic E-state index is 0.617. The number of hydrogen-bond acceptors (Lipinski definition) is 2. The molecule has 0 saturated carbocycles. The van der Waals surface area contributed by atoms with Crippen molar-refractivity contribution in [3.63, 3.8) is 0 Å². The summed E-state index contributed by atoms with van der Waals surface area (Å²) >= 11 is 0. The third kappa shape index (κ3) is 5.56. The van der Waals surface area contributed by atoms with Crippen LogP contribution in [0.5, 0.6) is 0 Å². The van der Waals surface area contributed by atoms with Gasteiger partial charge in [-0.25, -0.2) is 9.97 Å². The van der Waals surface area contributed by atoms with Crippen LogP contribution in [0.25, 0.3) is 133 Å². The third-order valence-corrected chi connectivity index (χ3v) is 14.4. The average molecular weight is 893 g/mol. The quantitative estimate of drug-likeness (QED) is 0.167. The molecule has 15 rings (SSSR count). The second kappa shape index (κ2) is 15.0. The van der Waals surface area contributed by atoms with E-state index in [0.717, 1.165) is 83.8 Å². The van der Waals surface area contributed by atoms with Gasteiger partial charge in [0.1, 0.15) is 11.6 Å². The smallest absolute Gasteiger partial charge is 0.166 e. The van der Waals surface area contributed by atoms with Crippen molar-refractivity contribution in [3.05, 3.63) is 243 Å². The Hall–Kier alpha value is -9.52. The van der Waals surface area contributed by atoms with Crippen LogP contribution < -0.4 is 0 Å². The number of fused-ring (bicyclic) bond motifs is 12. The normalized spacial score (nSPS) is 12.0. The molecular formula is C64H40N6. The first kappa shape index (κ1) is 38.6. The summed E-state index contributed by atoms with van der Waals surface area (Å²) in [4.78, 5) is 11.6. The molecule has 0 fully saturated rings. The average Bonchev–Trinajstić information content (AvgIpc) is 4.16. The molecule has 0 aliphatic rings. The first-order chi connectivity index (χ1) is 34.8. The van der Waals surface area contributed by atoms with Gasteiger partial charge in [0, 0.05) is 54.8 Å². The van der Waals surface area contributed by atoms with Gasteiger partial charge in [-0.3, -0.25) is 9.13 Å². The fourth-order valence-electron chi connectivity index (χ4n) is 11.5. The SMILES string of the molecule is c1cc(-c2cccc(-n3c4ccccc4c4ccccc43)c2-c2nc(-n3c4ccccc4c4ccccc43)cc(-n3c4ccccc4c4ccccc43)n2)cc(-n2c3ccccc3c3ccccc32)c1. The Bertz CT molecular complexity index is 4270. The molecule has 0 atom stereocenters. The highest BCUT2D eigenvalue weighted by molar-refractivity contribution is 6.13. The van der Waals surface area contributed by atoms with Gasteiger partial charge in [-0.2, -0.15) is 0 Å². The zero-order valence-electron chi connectivity index (χ0n) is 37.8. The Balaban J connectivity index is 1.09. The lowest BCUT2D eigenvalue weighted by atomic mass is 9.96. The maximum Gasteiger partial charge on any atom is 0.166 e. The highest BCUT2D eigenvalue weighted by atomic mass is 15.2. The van der Waals surface area contributed by atoms with Gasteiger partial charge in [-0.1, -0.05) is 170 Å². The zero-order valence-corrected chi connectivity index (χ0v) is 37.8. The molecule has 0 spiro atoms. The standard InChI is InChI=1S/C64H40N6/c1-9-30-52-44(21-1)45-22-2-10-31-53(45)67(52)42-20-17-19-41(39-42)43-29-18-38-60(68-54-32-11-3-23-46(54)47-24-4-12-33-55(47)68)63(43)64-65-61(69-56-34-13-5-25-48(56)49-26-6-14-35-57(49)69)40-62(66-64)70-58-36-15-7-27-50(58)51-28-8-16-37-59(51)70/h1-40H. The minimum Gasteiger partial charge on any atom is -0.309 e. The number of nitrogens with zero attached hydrogens (tertiary/aromatic N) is 6. The zero-order chi connectivity index (χ0) is 45.9. The number of hydrogen-bond donors (Lipinski definition) is 0. The number of para-hydroxylation sites is 8. The maximum absolute atomic E-state index is 5.81. The molecule has 0 bridgehead atoms. The molecule has 6 heteroatoms. The van der Waals surface area contributed by atoms with Crippen molar-refractivity contribution in [2.45, 2.75) is 0 Å². The van der Waals surface area contributed by atoms with Gasteiger partial charge in [0.25, 0.3) is 0 Å². The summed E-state index contributed by atoms with van der Waals surface area (Å²) in [6.07, 6.45) is 0. The third-order valence-electron chi connectivity index (χ3n) is 14.4. The first-order valence-electron chi connectivity index (χ1n) is 23.8. The fraction of sp³-hybridized carbons (Fsp3) is 0. The van der Waals surface area contributed by atoms with Crippen LogP contribution in [0, 0.1) is 0 Å². The maximum atomic E-state index is 5.81. The van der Waals surface area contributed by atoms with Gasteiger partial charge < -0.3 is 9.13 Å². The van der Waals surface area contributed by atoms with Crippen molar-refractivity contribution < 1.29 is 0 Å². The fourth-order valence-corrected chi connectivity index (χ4v) is 11.5. The summed E-state index contributed by atoms with van der Waals surface area (Å²) in [6, 6.07) is 87.3. The Morgan fingerprint density at radius 3 is 0.971 bits per heavy atom. The van der Waals surface area contributed by atoms with Gasteiger partial charge in [0.15, 0.2) is 5.82 Å². The molecule has 0 radical (unpaired) electrons. The van der Waals surface area contributed by atoms with E-state index in [-0.39, 0.29) is 0 Å². The lowest BCUT2D eigenvalue weighted by Gasteiger charge is -2.20.